The van der Waals surface area contributed by atoms with Gasteiger partial charge in [0.25, 0.3) is 0 Å². The van der Waals surface area contributed by atoms with Crippen molar-refractivity contribution in [2.75, 3.05) is 13.2 Å². The maximum Gasteiger partial charge on any atom is 0.119 e. The molecule has 4 heteroatoms. The number of aliphatic hydroxyl groups is 1. The largest absolute Gasteiger partial charge is 0.491 e. The molecule has 0 unspecified atom stereocenters. The van der Waals surface area contributed by atoms with Crippen molar-refractivity contribution in [3.8, 4) is 5.75 Å². The average molecular weight is 322 g/mol. The second-order valence-electron chi connectivity index (χ2n) is 7.31. The van der Waals surface area contributed by atoms with E-state index in [1.807, 2.05) is 26.0 Å². The first-order valence-electron chi connectivity index (χ1n) is 8.78. The van der Waals surface area contributed by atoms with E-state index in [-0.39, 0.29) is 11.7 Å². The third kappa shape index (κ3) is 5.48. The Morgan fingerprint density at radius 1 is 1.30 bits per heavy atom. The van der Waals surface area contributed by atoms with E-state index in [2.05, 4.69) is 31.3 Å². The van der Waals surface area contributed by atoms with Crippen molar-refractivity contribution in [2.45, 2.75) is 70.8 Å². The maximum absolute atomic E-state index is 10.8. The van der Waals surface area contributed by atoms with Crippen molar-refractivity contribution < 1.29 is 19.9 Å². The number of rotatable bonds is 7. The molecule has 0 bridgehead atoms. The van der Waals surface area contributed by atoms with Crippen LogP contribution in [-0.2, 0) is 11.3 Å². The lowest BCUT2D eigenvalue weighted by atomic mass is 9.82. The summed E-state index contributed by atoms with van der Waals surface area (Å²) >= 11 is 0. The van der Waals surface area contributed by atoms with Gasteiger partial charge in [-0.15, -0.1) is 0 Å². The second kappa shape index (κ2) is 7.65. The molecule has 0 saturated carbocycles. The van der Waals surface area contributed by atoms with Gasteiger partial charge in [0.1, 0.15) is 24.4 Å². The topological polar surface area (TPSA) is 55.3 Å². The Balaban J connectivity index is 1.82. The summed E-state index contributed by atoms with van der Waals surface area (Å²) < 4.78 is 11.5. The zero-order valence-electron chi connectivity index (χ0n) is 15.0. The molecule has 1 saturated heterocycles. The molecule has 23 heavy (non-hydrogen) atoms. The molecule has 2 atom stereocenters. The Labute approximate surface area is 140 Å². The van der Waals surface area contributed by atoms with E-state index in [4.69, 9.17) is 9.47 Å². The van der Waals surface area contributed by atoms with Gasteiger partial charge in [-0.3, -0.25) is 0 Å². The molecule has 0 amide bonds. The van der Waals surface area contributed by atoms with Gasteiger partial charge < -0.3 is 19.9 Å². The Kier molecular flexibility index (Phi) is 6.06. The summed E-state index contributed by atoms with van der Waals surface area (Å²) in [4.78, 5) is 0. The molecule has 1 fully saturated rings. The number of hydrogen-bond donors (Lipinski definition) is 2. The van der Waals surface area contributed by atoms with Crippen molar-refractivity contribution in [1.82, 2.24) is 0 Å². The normalized spacial score (nSPS) is 28.1. The molecule has 0 spiro atoms. The van der Waals surface area contributed by atoms with E-state index in [1.54, 1.807) is 0 Å². The minimum absolute atomic E-state index is 0.184. The van der Waals surface area contributed by atoms with Gasteiger partial charge >= 0.3 is 0 Å². The monoisotopic (exact) mass is 322 g/mol. The third-order valence-electron chi connectivity index (χ3n) is 4.67. The van der Waals surface area contributed by atoms with Crippen LogP contribution in [0.25, 0.3) is 0 Å². The highest BCUT2D eigenvalue weighted by Crippen LogP contribution is 2.33. The fourth-order valence-electron chi connectivity index (χ4n) is 3.21. The summed E-state index contributed by atoms with van der Waals surface area (Å²) in [5.41, 5.74) is 0.440. The number of ether oxygens (including phenoxy) is 2. The van der Waals surface area contributed by atoms with Crippen molar-refractivity contribution in [3.05, 3.63) is 29.8 Å². The smallest absolute Gasteiger partial charge is 0.119 e. The molecule has 1 aromatic rings. The van der Waals surface area contributed by atoms with Crippen molar-refractivity contribution in [3.63, 3.8) is 0 Å². The molecule has 0 aliphatic carbocycles. The summed E-state index contributed by atoms with van der Waals surface area (Å²) in [6.45, 7) is 10.5. The zero-order valence-corrected chi connectivity index (χ0v) is 15.0. The van der Waals surface area contributed by atoms with Crippen LogP contribution in [0, 0.1) is 0 Å². The van der Waals surface area contributed by atoms with Crippen LogP contribution < -0.4 is 10.1 Å². The van der Waals surface area contributed by atoms with Gasteiger partial charge in [0, 0.05) is 18.4 Å². The summed E-state index contributed by atoms with van der Waals surface area (Å²) in [5.74, 6) is 0.908. The van der Waals surface area contributed by atoms with Crippen molar-refractivity contribution >= 4 is 0 Å². The molecule has 1 aliphatic rings. The highest BCUT2D eigenvalue weighted by Gasteiger charge is 2.42. The number of quaternary nitrogens is 1. The SMILES string of the molecule is CC[C@]1(C)C[C@](O)(C[NH2+]Cc2ccc(OC(C)C)cc2)CCO1. The standard InChI is InChI=1S/C19H31NO3/c1-5-18(4)13-19(21,10-11-22-18)14-20-12-16-6-8-17(9-7-16)23-15(2)3/h6-9,15,20-21H,5,10-14H2,1-4H3/p+1/t18-,19+/m1/s1. The Morgan fingerprint density at radius 3 is 2.61 bits per heavy atom. The minimum atomic E-state index is -0.621. The van der Waals surface area contributed by atoms with Gasteiger partial charge in [-0.25, -0.2) is 0 Å². The zero-order chi connectivity index (χ0) is 16.9. The number of nitrogens with two attached hydrogens (primary N) is 1. The lowest BCUT2D eigenvalue weighted by molar-refractivity contribution is -0.684. The van der Waals surface area contributed by atoms with Crippen LogP contribution in [0.2, 0.25) is 0 Å². The molecule has 1 aliphatic heterocycles. The van der Waals surface area contributed by atoms with E-state index in [1.165, 1.54) is 5.56 Å². The Morgan fingerprint density at radius 2 is 2.00 bits per heavy atom. The average Bonchev–Trinajstić information content (AvgIpc) is 2.48. The van der Waals surface area contributed by atoms with E-state index in [0.717, 1.165) is 31.7 Å². The molecule has 0 aromatic heterocycles. The Hall–Kier alpha value is -1.10. The first-order chi connectivity index (χ1) is 10.8. The van der Waals surface area contributed by atoms with Gasteiger partial charge in [-0.05, 0) is 51.5 Å². The maximum atomic E-state index is 10.8. The van der Waals surface area contributed by atoms with Gasteiger partial charge in [-0.2, -0.15) is 0 Å². The van der Waals surface area contributed by atoms with Crippen LogP contribution in [0.3, 0.4) is 0 Å². The van der Waals surface area contributed by atoms with Crippen LogP contribution in [0.15, 0.2) is 24.3 Å². The molecule has 2 rings (SSSR count). The first-order valence-corrected chi connectivity index (χ1v) is 8.78. The second-order valence-corrected chi connectivity index (χ2v) is 7.31. The van der Waals surface area contributed by atoms with Gasteiger partial charge in [0.15, 0.2) is 0 Å². The third-order valence-corrected chi connectivity index (χ3v) is 4.67. The van der Waals surface area contributed by atoms with E-state index < -0.39 is 5.60 Å². The molecule has 4 nitrogen and oxygen atoms in total. The van der Waals surface area contributed by atoms with E-state index in [9.17, 15) is 5.11 Å². The molecular weight excluding hydrogens is 290 g/mol. The number of benzene rings is 1. The van der Waals surface area contributed by atoms with Gasteiger partial charge in [-0.1, -0.05) is 6.92 Å². The van der Waals surface area contributed by atoms with Gasteiger partial charge in [0.05, 0.1) is 18.3 Å². The fraction of sp³-hybridized carbons (Fsp3) is 0.684. The minimum Gasteiger partial charge on any atom is -0.491 e. The summed E-state index contributed by atoms with van der Waals surface area (Å²) in [6.07, 6.45) is 2.57. The van der Waals surface area contributed by atoms with Crippen LogP contribution in [0.1, 0.15) is 52.5 Å². The molecular formula is C19H32NO3+. The van der Waals surface area contributed by atoms with E-state index in [0.29, 0.717) is 13.0 Å². The van der Waals surface area contributed by atoms with E-state index >= 15 is 0 Å². The predicted octanol–water partition coefficient (Wildman–Crippen LogP) is 2.25. The lowest BCUT2D eigenvalue weighted by Crippen LogP contribution is -2.87. The van der Waals surface area contributed by atoms with Crippen molar-refractivity contribution in [1.29, 1.82) is 0 Å². The van der Waals surface area contributed by atoms with Crippen LogP contribution >= 0.6 is 0 Å². The highest BCUT2D eigenvalue weighted by atomic mass is 16.5. The predicted molar refractivity (Wildman–Crippen MR) is 91.5 cm³/mol. The van der Waals surface area contributed by atoms with Crippen LogP contribution in [-0.4, -0.2) is 35.6 Å². The van der Waals surface area contributed by atoms with Crippen LogP contribution in [0.5, 0.6) is 5.75 Å². The molecule has 1 heterocycles. The Bertz CT molecular complexity index is 488. The molecule has 3 N–H and O–H groups in total. The van der Waals surface area contributed by atoms with Crippen molar-refractivity contribution in [2.24, 2.45) is 0 Å². The van der Waals surface area contributed by atoms with Crippen LogP contribution in [0.4, 0.5) is 0 Å². The summed E-state index contributed by atoms with van der Waals surface area (Å²) in [6, 6.07) is 8.22. The fourth-order valence-corrected chi connectivity index (χ4v) is 3.21. The molecule has 1 aromatic carbocycles. The first kappa shape index (κ1) is 18.2. The summed E-state index contributed by atoms with van der Waals surface area (Å²) in [7, 11) is 0. The quantitative estimate of drug-likeness (QED) is 0.809. The molecule has 130 valence electrons. The lowest BCUT2D eigenvalue weighted by Gasteiger charge is -2.42. The van der Waals surface area contributed by atoms with Gasteiger partial charge in [0.2, 0.25) is 0 Å². The molecule has 0 radical (unpaired) electrons. The summed E-state index contributed by atoms with van der Waals surface area (Å²) in [5, 5.41) is 13.0. The number of hydrogen-bond acceptors (Lipinski definition) is 3. The highest BCUT2D eigenvalue weighted by molar-refractivity contribution is 5.26.